The van der Waals surface area contributed by atoms with E-state index in [1.54, 1.807) is 41.1 Å². The summed E-state index contributed by atoms with van der Waals surface area (Å²) in [6.45, 7) is -5.91. The van der Waals surface area contributed by atoms with E-state index in [0.717, 1.165) is 23.3 Å². The van der Waals surface area contributed by atoms with Crippen molar-refractivity contribution in [1.82, 2.24) is 14.8 Å². The van der Waals surface area contributed by atoms with Gasteiger partial charge >= 0.3 is 13.2 Å². The lowest BCUT2D eigenvalue weighted by Gasteiger charge is -2.35. The Kier molecular flexibility index (Phi) is 5.95. The normalized spacial score (nSPS) is 18.6. The molecule has 0 unspecified atom stereocenters. The molecule has 2 aliphatic rings. The van der Waals surface area contributed by atoms with Gasteiger partial charge < -0.3 is 14.8 Å². The average Bonchev–Trinajstić information content (AvgIpc) is 3.27. The fourth-order valence-electron chi connectivity index (χ4n) is 4.51. The molecule has 1 aliphatic carbocycles. The number of alkyl halides is 4. The van der Waals surface area contributed by atoms with E-state index in [9.17, 15) is 17.6 Å². The Balaban J connectivity index is 1.63. The number of anilines is 1. The second-order valence-electron chi connectivity index (χ2n) is 7.81. The zero-order chi connectivity index (χ0) is 23.7. The van der Waals surface area contributed by atoms with Crippen LogP contribution in [0.15, 0.2) is 71.7 Å². The minimum Gasteiger partial charge on any atom is -0.434 e. The first-order valence-corrected chi connectivity index (χ1v) is 10.7. The molecule has 176 valence electrons. The van der Waals surface area contributed by atoms with Crippen molar-refractivity contribution in [2.75, 3.05) is 5.32 Å². The number of hydrogen-bond donors (Lipinski definition) is 1. The lowest BCUT2D eigenvalue weighted by Crippen LogP contribution is -2.28. The number of nitrogens with zero attached hydrogens (tertiary/aromatic N) is 3. The van der Waals surface area contributed by atoms with Gasteiger partial charge in [0.1, 0.15) is 23.9 Å². The minimum atomic E-state index is -2.97. The third-order valence-corrected chi connectivity index (χ3v) is 5.81. The van der Waals surface area contributed by atoms with E-state index < -0.39 is 19.3 Å². The Morgan fingerprint density at radius 3 is 2.44 bits per heavy atom. The molecule has 10 heteroatoms. The predicted molar refractivity (Wildman–Crippen MR) is 117 cm³/mol. The number of para-hydroxylation sites is 2. The lowest BCUT2D eigenvalue weighted by molar-refractivity contribution is -0.0510. The molecule has 0 saturated heterocycles. The van der Waals surface area contributed by atoms with Crippen LogP contribution in [-0.2, 0) is 0 Å². The first-order chi connectivity index (χ1) is 16.5. The first-order valence-electron chi connectivity index (χ1n) is 10.7. The second kappa shape index (κ2) is 9.20. The zero-order valence-corrected chi connectivity index (χ0v) is 17.8. The topological polar surface area (TPSA) is 61.2 Å². The number of halogens is 4. The van der Waals surface area contributed by atoms with Crippen LogP contribution in [0.4, 0.5) is 23.5 Å². The molecule has 0 radical (unpaired) electrons. The fraction of sp³-hybridized carbons (Fsp3) is 0.250. The maximum absolute atomic E-state index is 13.1. The van der Waals surface area contributed by atoms with Crippen LogP contribution in [-0.4, -0.2) is 28.0 Å². The number of hydrogen-bond acceptors (Lipinski definition) is 5. The van der Waals surface area contributed by atoms with Crippen molar-refractivity contribution in [3.05, 3.63) is 82.8 Å². The van der Waals surface area contributed by atoms with Gasteiger partial charge in [0.25, 0.3) is 0 Å². The number of rotatable bonds is 6. The highest BCUT2D eigenvalue weighted by Gasteiger charge is 2.35. The Hall–Kier alpha value is -3.82. The standard InChI is InChI=1S/C24H20F4N4O2/c25-22(26)33-18-10-3-1-6-14(18)12-15-7-5-9-17-20(15)31-24-29-13-30-32(24)21(17)16-8-2-4-11-19(16)34-23(27)28/h1-4,6,8,10-13,21-23H,5,7,9H2,(H,29,30,31)/b15-12-/t21-/m1/s1. The van der Waals surface area contributed by atoms with Crippen LogP contribution in [0.2, 0.25) is 0 Å². The molecule has 1 atom stereocenters. The summed E-state index contributed by atoms with van der Waals surface area (Å²) in [5.41, 5.74) is 3.62. The Morgan fingerprint density at radius 2 is 1.65 bits per heavy atom. The van der Waals surface area contributed by atoms with Crippen LogP contribution in [0.5, 0.6) is 11.5 Å². The van der Waals surface area contributed by atoms with Gasteiger partial charge in [-0.25, -0.2) is 4.68 Å². The number of allylic oxidation sites excluding steroid dienone is 2. The van der Waals surface area contributed by atoms with Crippen LogP contribution in [0.1, 0.15) is 36.4 Å². The number of nitrogens with one attached hydrogen (secondary N) is 1. The molecule has 1 N–H and O–H groups in total. The van der Waals surface area contributed by atoms with Gasteiger partial charge in [-0.2, -0.15) is 27.6 Å². The third kappa shape index (κ3) is 4.23. The van der Waals surface area contributed by atoms with E-state index in [1.165, 1.54) is 18.5 Å². The smallest absolute Gasteiger partial charge is 0.387 e. The van der Waals surface area contributed by atoms with Crippen molar-refractivity contribution in [2.45, 2.75) is 38.5 Å². The molecule has 0 saturated carbocycles. The molecule has 2 aromatic carbocycles. The van der Waals surface area contributed by atoms with Crippen molar-refractivity contribution in [1.29, 1.82) is 0 Å². The van der Waals surface area contributed by atoms with Crippen molar-refractivity contribution >= 4 is 12.0 Å². The molecule has 1 aliphatic heterocycles. The van der Waals surface area contributed by atoms with Gasteiger partial charge in [0.2, 0.25) is 5.95 Å². The summed E-state index contributed by atoms with van der Waals surface area (Å²) in [5.74, 6) is 0.578. The van der Waals surface area contributed by atoms with E-state index in [-0.39, 0.29) is 11.5 Å². The third-order valence-electron chi connectivity index (χ3n) is 5.81. The number of aromatic nitrogens is 3. The summed E-state index contributed by atoms with van der Waals surface area (Å²) in [7, 11) is 0. The molecule has 0 amide bonds. The van der Waals surface area contributed by atoms with Crippen molar-refractivity contribution < 1.29 is 27.0 Å². The summed E-state index contributed by atoms with van der Waals surface area (Å²) >= 11 is 0. The summed E-state index contributed by atoms with van der Waals surface area (Å²) in [6, 6.07) is 12.7. The van der Waals surface area contributed by atoms with Crippen LogP contribution in [0.25, 0.3) is 6.08 Å². The van der Waals surface area contributed by atoms with Gasteiger partial charge in [-0.1, -0.05) is 36.4 Å². The van der Waals surface area contributed by atoms with Crippen LogP contribution in [0.3, 0.4) is 0 Å². The maximum atomic E-state index is 13.1. The molecular weight excluding hydrogens is 452 g/mol. The fourth-order valence-corrected chi connectivity index (χ4v) is 4.51. The number of benzene rings is 2. The van der Waals surface area contributed by atoms with E-state index in [0.29, 0.717) is 29.9 Å². The van der Waals surface area contributed by atoms with Gasteiger partial charge in [0.05, 0.1) is 0 Å². The quantitative estimate of drug-likeness (QED) is 0.445. The number of ether oxygens (including phenoxy) is 2. The molecule has 0 fully saturated rings. The van der Waals surface area contributed by atoms with Crippen molar-refractivity contribution in [2.24, 2.45) is 0 Å². The highest BCUT2D eigenvalue weighted by Crippen LogP contribution is 2.46. The van der Waals surface area contributed by atoms with Gasteiger partial charge in [-0.15, -0.1) is 0 Å². The van der Waals surface area contributed by atoms with Crippen LogP contribution >= 0.6 is 0 Å². The highest BCUT2D eigenvalue weighted by atomic mass is 19.3. The molecule has 0 bridgehead atoms. The molecule has 1 aromatic heterocycles. The molecule has 6 nitrogen and oxygen atoms in total. The Bertz CT molecular complexity index is 1260. The highest BCUT2D eigenvalue weighted by molar-refractivity contribution is 5.68. The summed E-state index contributed by atoms with van der Waals surface area (Å²) in [4.78, 5) is 4.28. The first kappa shape index (κ1) is 22.0. The Morgan fingerprint density at radius 1 is 0.941 bits per heavy atom. The SMILES string of the molecule is FC(F)Oc1ccccc1/C=C1/CCCC2=C1Nc1ncnn1[C@@H]2c1ccccc1OC(F)F. The van der Waals surface area contributed by atoms with Crippen molar-refractivity contribution in [3.8, 4) is 11.5 Å². The zero-order valence-electron chi connectivity index (χ0n) is 17.8. The van der Waals surface area contributed by atoms with Gasteiger partial charge in [-0.3, -0.25) is 0 Å². The molecule has 3 aromatic rings. The monoisotopic (exact) mass is 472 g/mol. The van der Waals surface area contributed by atoms with Crippen molar-refractivity contribution in [3.63, 3.8) is 0 Å². The second-order valence-corrected chi connectivity index (χ2v) is 7.81. The van der Waals surface area contributed by atoms with Gasteiger partial charge in [0, 0.05) is 16.8 Å². The molecule has 34 heavy (non-hydrogen) atoms. The molecule has 2 heterocycles. The molecular formula is C24H20F4N4O2. The van der Waals surface area contributed by atoms with Gasteiger partial charge in [-0.05, 0) is 48.6 Å². The molecule has 0 spiro atoms. The summed E-state index contributed by atoms with van der Waals surface area (Å²) in [5, 5.41) is 7.62. The van der Waals surface area contributed by atoms with E-state index in [2.05, 4.69) is 20.1 Å². The maximum Gasteiger partial charge on any atom is 0.387 e. The summed E-state index contributed by atoms with van der Waals surface area (Å²) < 4.78 is 63.1. The van der Waals surface area contributed by atoms with E-state index in [4.69, 9.17) is 4.74 Å². The minimum absolute atomic E-state index is 0.0597. The Labute approximate surface area is 192 Å². The molecule has 5 rings (SSSR count). The number of fused-ring (bicyclic) bond motifs is 1. The van der Waals surface area contributed by atoms with Crippen LogP contribution < -0.4 is 14.8 Å². The predicted octanol–water partition coefficient (Wildman–Crippen LogP) is 6.02. The van der Waals surface area contributed by atoms with E-state index >= 15 is 0 Å². The summed E-state index contributed by atoms with van der Waals surface area (Å²) in [6.07, 6.45) is 5.35. The van der Waals surface area contributed by atoms with Crippen LogP contribution in [0, 0.1) is 0 Å². The average molecular weight is 472 g/mol. The van der Waals surface area contributed by atoms with E-state index in [1.807, 2.05) is 6.08 Å². The lowest BCUT2D eigenvalue weighted by atomic mass is 9.83. The largest absolute Gasteiger partial charge is 0.434 e. The van der Waals surface area contributed by atoms with Gasteiger partial charge in [0.15, 0.2) is 0 Å².